The molecule has 1 aromatic carbocycles. The van der Waals surface area contributed by atoms with Gasteiger partial charge < -0.3 is 9.80 Å². The second-order valence-corrected chi connectivity index (χ2v) is 8.94. The maximum Gasteiger partial charge on any atom is 0.416 e. The summed E-state index contributed by atoms with van der Waals surface area (Å²) in [6, 6.07) is 5.79. The Morgan fingerprint density at radius 1 is 1.03 bits per heavy atom. The lowest BCUT2D eigenvalue weighted by molar-refractivity contribution is -0.137. The van der Waals surface area contributed by atoms with E-state index >= 15 is 0 Å². The van der Waals surface area contributed by atoms with Crippen LogP contribution in [0.4, 0.5) is 19.0 Å². The average Bonchev–Trinajstić information content (AvgIpc) is 2.78. The van der Waals surface area contributed by atoms with Gasteiger partial charge in [-0.05, 0) is 59.6 Å². The fourth-order valence-corrected chi connectivity index (χ4v) is 4.94. The Balaban J connectivity index is 1.53. The lowest BCUT2D eigenvalue weighted by Crippen LogP contribution is -2.50. The Morgan fingerprint density at radius 2 is 1.77 bits per heavy atom. The van der Waals surface area contributed by atoms with Crippen LogP contribution in [0, 0.1) is 6.20 Å². The van der Waals surface area contributed by atoms with E-state index in [1.165, 1.54) is 24.9 Å². The molecular weight excluding hydrogens is 471 g/mol. The fourth-order valence-electron chi connectivity index (χ4n) is 4.48. The summed E-state index contributed by atoms with van der Waals surface area (Å²) in [5, 5.41) is 0. The number of piperidine rings is 1. The standard InChI is InChI=1S/C22H26BrF3N5/c23-19-14-27-16-28-21(19)31-11-9-30(10-12-31)20(15-29-7-2-1-3-8-29)17-5-4-6-18(13-17)22(24,25)26/h4-6,13,16,20H,1-3,7-12,15H2. The van der Waals surface area contributed by atoms with Crippen molar-refractivity contribution in [2.45, 2.75) is 31.5 Å². The molecule has 0 aliphatic carbocycles. The van der Waals surface area contributed by atoms with E-state index in [-0.39, 0.29) is 6.04 Å². The van der Waals surface area contributed by atoms with E-state index in [9.17, 15) is 13.2 Å². The summed E-state index contributed by atoms with van der Waals surface area (Å²) < 4.78 is 40.8. The van der Waals surface area contributed by atoms with Crippen LogP contribution in [0.3, 0.4) is 0 Å². The van der Waals surface area contributed by atoms with Crippen molar-refractivity contribution in [1.29, 1.82) is 0 Å². The molecule has 1 unspecified atom stereocenters. The summed E-state index contributed by atoms with van der Waals surface area (Å²) in [7, 11) is 0. The first-order valence-corrected chi connectivity index (χ1v) is 11.5. The number of likely N-dealkylation sites (tertiary alicyclic amines) is 1. The van der Waals surface area contributed by atoms with Crippen molar-refractivity contribution in [2.75, 3.05) is 50.7 Å². The molecule has 2 aliphatic heterocycles. The zero-order valence-corrected chi connectivity index (χ0v) is 18.9. The number of benzene rings is 1. The van der Waals surface area contributed by atoms with Gasteiger partial charge in [0.05, 0.1) is 10.0 Å². The maximum atomic E-state index is 13.4. The molecule has 0 amide bonds. The second kappa shape index (κ2) is 9.83. The van der Waals surface area contributed by atoms with Crippen LogP contribution >= 0.6 is 15.9 Å². The first kappa shape index (κ1) is 22.5. The summed E-state index contributed by atoms with van der Waals surface area (Å²) in [5.41, 5.74) is 0.165. The zero-order chi connectivity index (χ0) is 21.8. The topological polar surface area (TPSA) is 35.5 Å². The van der Waals surface area contributed by atoms with E-state index < -0.39 is 11.7 Å². The average molecular weight is 497 g/mol. The minimum atomic E-state index is -4.33. The lowest BCUT2D eigenvalue weighted by Gasteiger charge is -2.42. The fraction of sp³-hybridized carbons (Fsp3) is 0.545. The van der Waals surface area contributed by atoms with Crippen molar-refractivity contribution < 1.29 is 13.2 Å². The van der Waals surface area contributed by atoms with Gasteiger partial charge in [0.2, 0.25) is 0 Å². The molecule has 2 saturated heterocycles. The summed E-state index contributed by atoms with van der Waals surface area (Å²) in [6.45, 7) is 5.79. The molecule has 0 saturated carbocycles. The van der Waals surface area contributed by atoms with Crippen LogP contribution in [0.25, 0.3) is 0 Å². The molecule has 5 nitrogen and oxygen atoms in total. The van der Waals surface area contributed by atoms with Gasteiger partial charge in [-0.2, -0.15) is 13.2 Å². The van der Waals surface area contributed by atoms with Crippen molar-refractivity contribution in [3.8, 4) is 0 Å². The quantitative estimate of drug-likeness (QED) is 0.612. The van der Waals surface area contributed by atoms with Gasteiger partial charge in [-0.3, -0.25) is 4.90 Å². The molecule has 2 aromatic rings. The Labute approximate surface area is 189 Å². The highest BCUT2D eigenvalue weighted by Crippen LogP contribution is 2.33. The summed E-state index contributed by atoms with van der Waals surface area (Å²) >= 11 is 3.46. The summed E-state index contributed by atoms with van der Waals surface area (Å²) in [6.07, 6.45) is 3.55. The first-order chi connectivity index (χ1) is 14.9. The largest absolute Gasteiger partial charge is 0.416 e. The number of nitrogens with zero attached hydrogens (tertiary/aromatic N) is 5. The van der Waals surface area contributed by atoms with E-state index in [1.807, 2.05) is 6.07 Å². The van der Waals surface area contributed by atoms with Crippen LogP contribution in [-0.4, -0.2) is 65.6 Å². The Bertz CT molecular complexity index is 864. The molecule has 1 radical (unpaired) electrons. The molecule has 0 bridgehead atoms. The van der Waals surface area contributed by atoms with Crippen LogP contribution in [0.15, 0.2) is 35.1 Å². The number of alkyl halides is 3. The number of anilines is 1. The van der Waals surface area contributed by atoms with Gasteiger partial charge in [0.1, 0.15) is 18.3 Å². The van der Waals surface area contributed by atoms with Gasteiger partial charge in [-0.15, -0.1) is 0 Å². The normalized spacial score (nSPS) is 20.1. The van der Waals surface area contributed by atoms with Crippen LogP contribution in [0.2, 0.25) is 0 Å². The van der Waals surface area contributed by atoms with E-state index in [4.69, 9.17) is 0 Å². The molecule has 1 atom stereocenters. The number of hydrogen-bond donors (Lipinski definition) is 0. The van der Waals surface area contributed by atoms with Gasteiger partial charge in [-0.1, -0.05) is 18.6 Å². The van der Waals surface area contributed by atoms with E-state index in [0.29, 0.717) is 0 Å². The molecule has 0 N–H and O–H groups in total. The SMILES string of the molecule is FC(F)(F)c1cccc(C(CN2CCCCC2)N2CCN(c3ncn[c]c3Br)CC2)c1. The van der Waals surface area contributed by atoms with Crippen LogP contribution in [0.5, 0.6) is 0 Å². The number of rotatable bonds is 5. The molecule has 167 valence electrons. The third kappa shape index (κ3) is 5.56. The minimum Gasteiger partial charge on any atom is -0.353 e. The van der Waals surface area contributed by atoms with Crippen molar-refractivity contribution >= 4 is 21.7 Å². The number of aromatic nitrogens is 2. The number of hydrogen-bond acceptors (Lipinski definition) is 5. The molecule has 2 fully saturated rings. The highest BCUT2D eigenvalue weighted by molar-refractivity contribution is 9.10. The summed E-state index contributed by atoms with van der Waals surface area (Å²) in [5.74, 6) is 0.807. The Hall–Kier alpha value is -1.71. The predicted molar refractivity (Wildman–Crippen MR) is 117 cm³/mol. The Morgan fingerprint density at radius 3 is 2.45 bits per heavy atom. The molecule has 4 rings (SSSR count). The smallest absolute Gasteiger partial charge is 0.353 e. The van der Waals surface area contributed by atoms with Crippen molar-refractivity contribution in [2.24, 2.45) is 0 Å². The number of halogens is 4. The minimum absolute atomic E-state index is 0.0667. The van der Waals surface area contributed by atoms with Crippen LogP contribution < -0.4 is 4.90 Å². The van der Waals surface area contributed by atoms with Crippen LogP contribution in [0.1, 0.15) is 36.4 Å². The van der Waals surface area contributed by atoms with E-state index in [1.54, 1.807) is 0 Å². The molecule has 0 spiro atoms. The maximum absolute atomic E-state index is 13.4. The number of piperazine rings is 1. The van der Waals surface area contributed by atoms with Gasteiger partial charge in [-0.25, -0.2) is 9.97 Å². The van der Waals surface area contributed by atoms with E-state index in [2.05, 4.69) is 46.8 Å². The van der Waals surface area contributed by atoms with Crippen molar-refractivity contribution in [3.63, 3.8) is 0 Å². The molecule has 1 aromatic heterocycles. The van der Waals surface area contributed by atoms with Gasteiger partial charge in [0.15, 0.2) is 0 Å². The van der Waals surface area contributed by atoms with Gasteiger partial charge in [0, 0.05) is 38.8 Å². The zero-order valence-electron chi connectivity index (χ0n) is 17.3. The van der Waals surface area contributed by atoms with Crippen LogP contribution in [-0.2, 0) is 6.18 Å². The third-order valence-electron chi connectivity index (χ3n) is 6.13. The molecular formula is C22H26BrF3N5. The lowest BCUT2D eigenvalue weighted by atomic mass is 9.99. The predicted octanol–water partition coefficient (Wildman–Crippen LogP) is 4.41. The van der Waals surface area contributed by atoms with Crippen molar-refractivity contribution in [1.82, 2.24) is 19.8 Å². The second-order valence-electron chi connectivity index (χ2n) is 8.15. The van der Waals surface area contributed by atoms with E-state index in [0.717, 1.165) is 80.6 Å². The van der Waals surface area contributed by atoms with Gasteiger partial charge >= 0.3 is 6.18 Å². The first-order valence-electron chi connectivity index (χ1n) is 10.7. The third-order valence-corrected chi connectivity index (χ3v) is 6.66. The molecule has 31 heavy (non-hydrogen) atoms. The Kier molecular flexibility index (Phi) is 7.13. The van der Waals surface area contributed by atoms with Gasteiger partial charge in [0.25, 0.3) is 0 Å². The van der Waals surface area contributed by atoms with Crippen molar-refractivity contribution in [3.05, 3.63) is 52.4 Å². The summed E-state index contributed by atoms with van der Waals surface area (Å²) in [4.78, 5) is 15.1. The monoisotopic (exact) mass is 496 g/mol. The molecule has 3 heterocycles. The highest BCUT2D eigenvalue weighted by atomic mass is 79.9. The molecule has 9 heteroatoms. The highest BCUT2D eigenvalue weighted by Gasteiger charge is 2.33. The molecule has 2 aliphatic rings.